The number of aromatic carboxylic acids is 1. The molecule has 0 spiro atoms. The molecule has 208 valence electrons. The Labute approximate surface area is 222 Å². The van der Waals surface area contributed by atoms with E-state index >= 15 is 0 Å². The van der Waals surface area contributed by atoms with Gasteiger partial charge in [0.1, 0.15) is 0 Å². The first-order valence-corrected chi connectivity index (χ1v) is 15.2. The molecular formula is C32H56O4. The first kappa shape index (κ1) is 32.3. The SMILES string of the molecule is CCCCCCCCCCCCOc1cc(C(=O)O)cc(C)c1OCCCCCCCCCCCC. The number of carboxylic acids is 1. The Hall–Kier alpha value is -1.71. The van der Waals surface area contributed by atoms with Crippen LogP contribution in [0.3, 0.4) is 0 Å². The van der Waals surface area contributed by atoms with Gasteiger partial charge in [-0.1, -0.05) is 129 Å². The van der Waals surface area contributed by atoms with Crippen LogP contribution in [0.1, 0.15) is 158 Å². The topological polar surface area (TPSA) is 55.8 Å². The van der Waals surface area contributed by atoms with E-state index in [2.05, 4.69) is 13.8 Å². The van der Waals surface area contributed by atoms with Crippen LogP contribution in [0.25, 0.3) is 0 Å². The number of ether oxygens (including phenoxy) is 2. The van der Waals surface area contributed by atoms with E-state index in [1.807, 2.05) is 6.92 Å². The lowest BCUT2D eigenvalue weighted by atomic mass is 10.1. The van der Waals surface area contributed by atoms with Crippen molar-refractivity contribution in [3.8, 4) is 11.5 Å². The summed E-state index contributed by atoms with van der Waals surface area (Å²) in [7, 11) is 0. The Morgan fingerprint density at radius 3 is 1.42 bits per heavy atom. The van der Waals surface area contributed by atoms with Gasteiger partial charge in [0.25, 0.3) is 0 Å². The molecule has 0 aliphatic carbocycles. The molecule has 0 unspecified atom stereocenters. The number of carboxylic acid groups (broad SMARTS) is 1. The van der Waals surface area contributed by atoms with Crippen molar-refractivity contribution in [1.29, 1.82) is 0 Å². The van der Waals surface area contributed by atoms with Crippen LogP contribution in [-0.4, -0.2) is 24.3 Å². The van der Waals surface area contributed by atoms with Crippen molar-refractivity contribution >= 4 is 5.97 Å². The van der Waals surface area contributed by atoms with Crippen LogP contribution in [-0.2, 0) is 0 Å². The fourth-order valence-electron chi connectivity index (χ4n) is 4.69. The summed E-state index contributed by atoms with van der Waals surface area (Å²) in [4.78, 5) is 11.5. The largest absolute Gasteiger partial charge is 0.490 e. The first-order chi connectivity index (χ1) is 17.6. The highest BCUT2D eigenvalue weighted by Crippen LogP contribution is 2.33. The summed E-state index contributed by atoms with van der Waals surface area (Å²) in [5.74, 6) is 0.363. The number of unbranched alkanes of at least 4 members (excludes halogenated alkanes) is 18. The standard InChI is InChI=1S/C32H56O4/c1-4-6-8-10-12-14-16-18-20-22-24-35-30-27-29(32(33)34)26-28(3)31(30)36-25-23-21-19-17-15-13-11-9-7-5-2/h26-27H,4-25H2,1-3H3,(H,33,34). The molecule has 0 saturated carbocycles. The van der Waals surface area contributed by atoms with Crippen molar-refractivity contribution in [3.63, 3.8) is 0 Å². The normalized spacial score (nSPS) is 11.1. The van der Waals surface area contributed by atoms with Crippen molar-refractivity contribution < 1.29 is 19.4 Å². The van der Waals surface area contributed by atoms with E-state index in [4.69, 9.17) is 9.47 Å². The molecule has 1 aromatic carbocycles. The summed E-state index contributed by atoms with van der Waals surface area (Å²) in [6.07, 6.45) is 25.7. The molecule has 4 nitrogen and oxygen atoms in total. The lowest BCUT2D eigenvalue weighted by molar-refractivity contribution is 0.0696. The molecule has 0 aromatic heterocycles. The second kappa shape index (κ2) is 22.5. The molecule has 0 radical (unpaired) electrons. The third-order valence-corrected chi connectivity index (χ3v) is 6.99. The highest BCUT2D eigenvalue weighted by atomic mass is 16.5. The van der Waals surface area contributed by atoms with Crippen molar-refractivity contribution in [3.05, 3.63) is 23.3 Å². The quantitative estimate of drug-likeness (QED) is 0.135. The van der Waals surface area contributed by atoms with Crippen LogP contribution in [0, 0.1) is 6.92 Å². The van der Waals surface area contributed by atoms with Gasteiger partial charge in [-0.25, -0.2) is 4.79 Å². The maximum absolute atomic E-state index is 11.5. The van der Waals surface area contributed by atoms with Gasteiger partial charge >= 0.3 is 5.97 Å². The number of benzene rings is 1. The van der Waals surface area contributed by atoms with Gasteiger partial charge < -0.3 is 14.6 Å². The smallest absolute Gasteiger partial charge is 0.335 e. The van der Waals surface area contributed by atoms with Crippen molar-refractivity contribution in [2.45, 2.75) is 149 Å². The zero-order valence-electron chi connectivity index (χ0n) is 23.9. The molecule has 0 aliphatic heterocycles. The maximum Gasteiger partial charge on any atom is 0.335 e. The molecular weight excluding hydrogens is 448 g/mol. The van der Waals surface area contributed by atoms with Gasteiger partial charge in [-0.15, -0.1) is 0 Å². The lowest BCUT2D eigenvalue weighted by Crippen LogP contribution is -2.06. The van der Waals surface area contributed by atoms with E-state index in [0.717, 1.165) is 24.8 Å². The number of carbonyl (C=O) groups is 1. The zero-order chi connectivity index (χ0) is 26.3. The molecule has 36 heavy (non-hydrogen) atoms. The predicted molar refractivity (Wildman–Crippen MR) is 153 cm³/mol. The molecule has 0 atom stereocenters. The minimum Gasteiger partial charge on any atom is -0.490 e. The second-order valence-corrected chi connectivity index (χ2v) is 10.5. The number of aryl methyl sites for hydroxylation is 1. The fraction of sp³-hybridized carbons (Fsp3) is 0.781. The van der Waals surface area contributed by atoms with Crippen LogP contribution >= 0.6 is 0 Å². The summed E-state index contributed by atoms with van der Waals surface area (Å²) < 4.78 is 12.2. The number of rotatable bonds is 25. The molecule has 4 heteroatoms. The minimum absolute atomic E-state index is 0.261. The van der Waals surface area contributed by atoms with E-state index in [1.165, 1.54) is 109 Å². The van der Waals surface area contributed by atoms with Gasteiger partial charge in [-0.2, -0.15) is 0 Å². The lowest BCUT2D eigenvalue weighted by Gasteiger charge is -2.16. The molecule has 1 aromatic rings. The summed E-state index contributed by atoms with van der Waals surface area (Å²) in [6, 6.07) is 3.31. The molecule has 0 fully saturated rings. The molecule has 1 N–H and O–H groups in total. The van der Waals surface area contributed by atoms with Crippen LogP contribution in [0.4, 0.5) is 0 Å². The third-order valence-electron chi connectivity index (χ3n) is 6.99. The molecule has 0 bridgehead atoms. The Morgan fingerprint density at radius 1 is 0.611 bits per heavy atom. The minimum atomic E-state index is -0.928. The van der Waals surface area contributed by atoms with Gasteiger partial charge in [0.15, 0.2) is 11.5 Å². The van der Waals surface area contributed by atoms with Crippen LogP contribution in [0.15, 0.2) is 12.1 Å². The van der Waals surface area contributed by atoms with Crippen molar-refractivity contribution in [1.82, 2.24) is 0 Å². The zero-order valence-corrected chi connectivity index (χ0v) is 23.9. The highest BCUT2D eigenvalue weighted by molar-refractivity contribution is 5.89. The number of hydrogen-bond donors (Lipinski definition) is 1. The monoisotopic (exact) mass is 504 g/mol. The van der Waals surface area contributed by atoms with E-state index in [-0.39, 0.29) is 5.56 Å². The molecule has 0 aliphatic rings. The van der Waals surface area contributed by atoms with E-state index in [1.54, 1.807) is 12.1 Å². The Bertz CT molecular complexity index is 670. The van der Waals surface area contributed by atoms with Gasteiger partial charge in [0.05, 0.1) is 18.8 Å². The van der Waals surface area contributed by atoms with Crippen molar-refractivity contribution in [2.24, 2.45) is 0 Å². The molecule has 0 saturated heterocycles. The summed E-state index contributed by atoms with van der Waals surface area (Å²) in [5.41, 5.74) is 1.09. The van der Waals surface area contributed by atoms with Gasteiger partial charge in [-0.05, 0) is 37.5 Å². The van der Waals surface area contributed by atoms with Gasteiger partial charge in [0.2, 0.25) is 0 Å². The van der Waals surface area contributed by atoms with Crippen LogP contribution < -0.4 is 9.47 Å². The third kappa shape index (κ3) is 16.1. The Balaban J connectivity index is 2.31. The highest BCUT2D eigenvalue weighted by Gasteiger charge is 2.15. The Kier molecular flexibility index (Phi) is 20.2. The average molecular weight is 505 g/mol. The molecule has 0 heterocycles. The van der Waals surface area contributed by atoms with Gasteiger partial charge in [0, 0.05) is 0 Å². The van der Waals surface area contributed by atoms with Crippen molar-refractivity contribution in [2.75, 3.05) is 13.2 Å². The first-order valence-electron chi connectivity index (χ1n) is 15.2. The molecule has 1 rings (SSSR count). The predicted octanol–water partition coefficient (Wildman–Crippen LogP) is 10.3. The van der Waals surface area contributed by atoms with E-state index < -0.39 is 5.97 Å². The second-order valence-electron chi connectivity index (χ2n) is 10.5. The summed E-state index contributed by atoms with van der Waals surface area (Å²) in [5, 5.41) is 9.47. The Morgan fingerprint density at radius 2 is 1.00 bits per heavy atom. The van der Waals surface area contributed by atoms with Crippen LogP contribution in [0.5, 0.6) is 11.5 Å². The van der Waals surface area contributed by atoms with E-state index in [0.29, 0.717) is 24.7 Å². The van der Waals surface area contributed by atoms with Crippen LogP contribution in [0.2, 0.25) is 0 Å². The number of hydrogen-bond acceptors (Lipinski definition) is 3. The average Bonchev–Trinajstić information content (AvgIpc) is 2.86. The molecule has 0 amide bonds. The summed E-state index contributed by atoms with van der Waals surface area (Å²) >= 11 is 0. The summed E-state index contributed by atoms with van der Waals surface area (Å²) in [6.45, 7) is 7.69. The maximum atomic E-state index is 11.5. The van der Waals surface area contributed by atoms with Gasteiger partial charge in [-0.3, -0.25) is 0 Å². The van der Waals surface area contributed by atoms with E-state index in [9.17, 15) is 9.90 Å². The fourth-order valence-corrected chi connectivity index (χ4v) is 4.69.